The second-order valence-electron chi connectivity index (χ2n) is 4.06. The van der Waals surface area contributed by atoms with Crippen LogP contribution in [0.3, 0.4) is 0 Å². The van der Waals surface area contributed by atoms with E-state index in [1.54, 1.807) is 6.92 Å². The van der Waals surface area contributed by atoms with Gasteiger partial charge < -0.3 is 10.6 Å². The van der Waals surface area contributed by atoms with Crippen LogP contribution in [-0.2, 0) is 16.0 Å². The maximum atomic E-state index is 11.9. The Kier molecular flexibility index (Phi) is 5.91. The Labute approximate surface area is 108 Å². The van der Waals surface area contributed by atoms with Crippen LogP contribution in [0.1, 0.15) is 25.8 Å². The van der Waals surface area contributed by atoms with E-state index in [0.29, 0.717) is 19.4 Å². The maximum Gasteiger partial charge on any atom is 0.242 e. The third-order valence-corrected chi connectivity index (χ3v) is 2.61. The minimum absolute atomic E-state index is 0.109. The van der Waals surface area contributed by atoms with Crippen LogP contribution in [0.25, 0.3) is 0 Å². The molecule has 2 N–H and O–H groups in total. The summed E-state index contributed by atoms with van der Waals surface area (Å²) in [6.45, 7) is 4.19. The van der Waals surface area contributed by atoms with Crippen LogP contribution < -0.4 is 10.6 Å². The first kappa shape index (κ1) is 14.2. The van der Waals surface area contributed by atoms with Crippen molar-refractivity contribution in [1.29, 1.82) is 0 Å². The Morgan fingerprint density at radius 2 is 1.83 bits per heavy atom. The van der Waals surface area contributed by atoms with Crippen LogP contribution in [0, 0.1) is 0 Å². The Balaban J connectivity index is 2.71. The first-order valence-corrected chi connectivity index (χ1v) is 6.28. The minimum atomic E-state index is -0.500. The van der Waals surface area contributed by atoms with Gasteiger partial charge in [0.05, 0.1) is 0 Å². The Hall–Kier alpha value is -1.84. The molecule has 1 atom stereocenters. The van der Waals surface area contributed by atoms with Crippen LogP contribution in [0.5, 0.6) is 0 Å². The molecule has 1 rings (SSSR count). The lowest BCUT2D eigenvalue weighted by Gasteiger charge is -2.17. The molecule has 4 nitrogen and oxygen atoms in total. The van der Waals surface area contributed by atoms with Gasteiger partial charge in [-0.15, -0.1) is 0 Å². The molecule has 0 saturated heterocycles. The Morgan fingerprint density at radius 3 is 2.39 bits per heavy atom. The number of carbonyl (C=O) groups is 2. The molecular weight excluding hydrogens is 228 g/mol. The molecule has 1 aromatic rings. The normalized spacial score (nSPS) is 11.7. The smallest absolute Gasteiger partial charge is 0.242 e. The van der Waals surface area contributed by atoms with Gasteiger partial charge >= 0.3 is 0 Å². The van der Waals surface area contributed by atoms with Crippen LogP contribution >= 0.6 is 0 Å². The molecule has 0 spiro atoms. The lowest BCUT2D eigenvalue weighted by atomic mass is 10.1. The van der Waals surface area contributed by atoms with Crippen molar-refractivity contribution in [3.63, 3.8) is 0 Å². The molecule has 0 aromatic heterocycles. The number of carbonyl (C=O) groups excluding carboxylic acids is 2. The zero-order valence-corrected chi connectivity index (χ0v) is 10.9. The zero-order chi connectivity index (χ0) is 13.4. The quantitative estimate of drug-likeness (QED) is 0.796. The van der Waals surface area contributed by atoms with Gasteiger partial charge in [-0.1, -0.05) is 37.3 Å². The summed E-state index contributed by atoms with van der Waals surface area (Å²) in [5.74, 6) is -0.245. The second kappa shape index (κ2) is 7.48. The van der Waals surface area contributed by atoms with Crippen molar-refractivity contribution in [2.24, 2.45) is 0 Å². The number of rotatable bonds is 6. The van der Waals surface area contributed by atoms with E-state index in [9.17, 15) is 9.59 Å². The highest BCUT2D eigenvalue weighted by atomic mass is 16.2. The summed E-state index contributed by atoms with van der Waals surface area (Å²) in [7, 11) is 0. The third-order valence-electron chi connectivity index (χ3n) is 2.61. The van der Waals surface area contributed by atoms with Crippen molar-refractivity contribution in [2.75, 3.05) is 6.54 Å². The molecule has 18 heavy (non-hydrogen) atoms. The van der Waals surface area contributed by atoms with Gasteiger partial charge in [-0.2, -0.15) is 0 Å². The number of benzene rings is 1. The average Bonchev–Trinajstić information content (AvgIpc) is 2.39. The monoisotopic (exact) mass is 248 g/mol. The van der Waals surface area contributed by atoms with Crippen molar-refractivity contribution in [3.8, 4) is 0 Å². The predicted octanol–water partition coefficient (Wildman–Crippen LogP) is 1.26. The molecule has 0 bridgehead atoms. The lowest BCUT2D eigenvalue weighted by molar-refractivity contribution is -0.128. The highest BCUT2D eigenvalue weighted by Crippen LogP contribution is 2.03. The summed E-state index contributed by atoms with van der Waals surface area (Å²) < 4.78 is 0. The molecule has 1 unspecified atom stereocenters. The molecule has 0 heterocycles. The molecule has 0 saturated carbocycles. The fourth-order valence-corrected chi connectivity index (χ4v) is 1.65. The first-order valence-electron chi connectivity index (χ1n) is 6.28. The lowest BCUT2D eigenvalue weighted by Crippen LogP contribution is -2.47. The molecule has 0 aliphatic carbocycles. The van der Waals surface area contributed by atoms with E-state index in [1.807, 2.05) is 37.3 Å². The SMILES string of the molecule is CCNC(=O)C(Cc1ccccc1)NC(=O)CC. The average molecular weight is 248 g/mol. The zero-order valence-electron chi connectivity index (χ0n) is 10.9. The molecular formula is C14H20N2O2. The maximum absolute atomic E-state index is 11.9. The molecule has 2 amide bonds. The molecule has 0 aliphatic heterocycles. The van der Waals surface area contributed by atoms with Gasteiger partial charge in [0.25, 0.3) is 0 Å². The van der Waals surface area contributed by atoms with E-state index in [1.165, 1.54) is 0 Å². The van der Waals surface area contributed by atoms with Gasteiger partial charge in [0.2, 0.25) is 11.8 Å². The number of hydrogen-bond donors (Lipinski definition) is 2. The van der Waals surface area contributed by atoms with Crippen molar-refractivity contribution in [3.05, 3.63) is 35.9 Å². The van der Waals surface area contributed by atoms with E-state index in [2.05, 4.69) is 10.6 Å². The fraction of sp³-hybridized carbons (Fsp3) is 0.429. The van der Waals surface area contributed by atoms with Crippen LogP contribution in [-0.4, -0.2) is 24.4 Å². The topological polar surface area (TPSA) is 58.2 Å². The van der Waals surface area contributed by atoms with E-state index >= 15 is 0 Å². The number of likely N-dealkylation sites (N-methyl/N-ethyl adjacent to an activating group) is 1. The van der Waals surface area contributed by atoms with E-state index in [4.69, 9.17) is 0 Å². The number of hydrogen-bond acceptors (Lipinski definition) is 2. The number of nitrogens with one attached hydrogen (secondary N) is 2. The van der Waals surface area contributed by atoms with Crippen LogP contribution in [0.15, 0.2) is 30.3 Å². The van der Waals surface area contributed by atoms with E-state index in [0.717, 1.165) is 5.56 Å². The third kappa shape index (κ3) is 4.57. The summed E-state index contributed by atoms with van der Waals surface area (Å²) in [5, 5.41) is 5.49. The molecule has 0 aliphatic rings. The molecule has 98 valence electrons. The standard InChI is InChI=1S/C14H20N2O2/c1-3-13(17)16-12(14(18)15-4-2)10-11-8-6-5-7-9-11/h5-9,12H,3-4,10H2,1-2H3,(H,15,18)(H,16,17). The summed E-state index contributed by atoms with van der Waals surface area (Å²) >= 11 is 0. The highest BCUT2D eigenvalue weighted by molar-refractivity contribution is 5.87. The van der Waals surface area contributed by atoms with Crippen molar-refractivity contribution < 1.29 is 9.59 Å². The van der Waals surface area contributed by atoms with Gasteiger partial charge in [0.1, 0.15) is 6.04 Å². The molecule has 0 radical (unpaired) electrons. The van der Waals surface area contributed by atoms with Gasteiger partial charge in [-0.3, -0.25) is 9.59 Å². The first-order chi connectivity index (χ1) is 8.67. The highest BCUT2D eigenvalue weighted by Gasteiger charge is 2.19. The van der Waals surface area contributed by atoms with Gasteiger partial charge in [0.15, 0.2) is 0 Å². The molecule has 4 heteroatoms. The van der Waals surface area contributed by atoms with Crippen molar-refractivity contribution in [1.82, 2.24) is 10.6 Å². The van der Waals surface area contributed by atoms with Crippen LogP contribution in [0.4, 0.5) is 0 Å². The van der Waals surface area contributed by atoms with Crippen molar-refractivity contribution in [2.45, 2.75) is 32.7 Å². The Bertz CT molecular complexity index is 390. The van der Waals surface area contributed by atoms with Crippen LogP contribution in [0.2, 0.25) is 0 Å². The fourth-order valence-electron chi connectivity index (χ4n) is 1.65. The largest absolute Gasteiger partial charge is 0.355 e. The predicted molar refractivity (Wildman–Crippen MR) is 71.1 cm³/mol. The summed E-state index contributed by atoms with van der Waals surface area (Å²) in [4.78, 5) is 23.3. The van der Waals surface area contributed by atoms with Crippen molar-refractivity contribution >= 4 is 11.8 Å². The van der Waals surface area contributed by atoms with E-state index < -0.39 is 6.04 Å². The van der Waals surface area contributed by atoms with E-state index in [-0.39, 0.29) is 11.8 Å². The van der Waals surface area contributed by atoms with Gasteiger partial charge in [0, 0.05) is 19.4 Å². The van der Waals surface area contributed by atoms with Gasteiger partial charge in [-0.05, 0) is 12.5 Å². The number of amides is 2. The minimum Gasteiger partial charge on any atom is -0.355 e. The second-order valence-corrected chi connectivity index (χ2v) is 4.06. The summed E-state index contributed by atoms with van der Waals surface area (Å²) in [5.41, 5.74) is 1.03. The molecule has 0 fully saturated rings. The summed E-state index contributed by atoms with van der Waals surface area (Å²) in [6, 6.07) is 9.17. The molecule has 1 aromatic carbocycles. The Morgan fingerprint density at radius 1 is 1.17 bits per heavy atom. The van der Waals surface area contributed by atoms with Gasteiger partial charge in [-0.25, -0.2) is 0 Å². The summed E-state index contributed by atoms with van der Waals surface area (Å²) in [6.07, 6.45) is 0.892.